The number of aromatic nitrogens is 5. The van der Waals surface area contributed by atoms with E-state index in [1.165, 1.54) is 0 Å². The molecule has 3 aromatic heterocycles. The molecule has 0 aromatic carbocycles. The molecule has 0 aliphatic carbocycles. The number of carbonyl (C=O) groups excluding carboxylic acids is 1. The monoisotopic (exact) mass is 509 g/mol. The minimum atomic E-state index is -5.08. The van der Waals surface area contributed by atoms with Crippen molar-refractivity contribution in [3.63, 3.8) is 0 Å². The fraction of sp³-hybridized carbons (Fsp3) is 0.500. The number of likely N-dealkylation sites (tertiary alicyclic amines) is 1. The number of carboxylic acid groups (broad SMARTS) is 1. The van der Waals surface area contributed by atoms with Crippen LogP contribution in [0.5, 0.6) is 0 Å². The van der Waals surface area contributed by atoms with E-state index in [9.17, 15) is 18.0 Å². The molecule has 0 radical (unpaired) electrons. The van der Waals surface area contributed by atoms with Crippen LogP contribution in [0.1, 0.15) is 35.1 Å². The van der Waals surface area contributed by atoms with Crippen LogP contribution in [0.4, 0.5) is 18.9 Å². The highest BCUT2D eigenvalue weighted by molar-refractivity contribution is 5.92. The van der Waals surface area contributed by atoms with Crippen molar-refractivity contribution in [2.75, 3.05) is 44.3 Å². The Hall–Kier alpha value is -3.68. The lowest BCUT2D eigenvalue weighted by molar-refractivity contribution is -0.192. The molecule has 11 nitrogen and oxygen atoms in total. The number of alkyl halides is 3. The molecule has 36 heavy (non-hydrogen) atoms. The highest BCUT2D eigenvalue weighted by Crippen LogP contribution is 2.26. The van der Waals surface area contributed by atoms with E-state index >= 15 is 0 Å². The van der Waals surface area contributed by atoms with Crippen LogP contribution in [0.15, 0.2) is 30.6 Å². The van der Waals surface area contributed by atoms with Gasteiger partial charge in [0.15, 0.2) is 11.5 Å². The molecule has 0 saturated carbocycles. The Balaban J connectivity index is 0.000000384. The maximum atomic E-state index is 12.8. The maximum Gasteiger partial charge on any atom is 0.490 e. The number of hydrogen-bond acceptors (Lipinski definition) is 7. The van der Waals surface area contributed by atoms with Crippen LogP contribution in [0, 0.1) is 0 Å². The van der Waals surface area contributed by atoms with Gasteiger partial charge in [0.05, 0.1) is 25.1 Å². The second kappa shape index (κ2) is 10.5. The van der Waals surface area contributed by atoms with E-state index in [1.807, 2.05) is 28.7 Å². The van der Waals surface area contributed by atoms with Gasteiger partial charge in [-0.3, -0.25) is 9.48 Å². The van der Waals surface area contributed by atoms with Gasteiger partial charge in [-0.15, -0.1) is 0 Å². The number of anilines is 1. The highest BCUT2D eigenvalue weighted by Gasteiger charge is 2.38. The van der Waals surface area contributed by atoms with Crippen molar-refractivity contribution in [3.8, 4) is 0 Å². The summed E-state index contributed by atoms with van der Waals surface area (Å²) in [4.78, 5) is 30.6. The van der Waals surface area contributed by atoms with Crippen LogP contribution in [-0.2, 0) is 16.6 Å². The number of nitrogens with zero attached hydrogens (tertiary/aromatic N) is 7. The Kier molecular flexibility index (Phi) is 7.43. The molecule has 3 aromatic rings. The summed E-state index contributed by atoms with van der Waals surface area (Å²) in [6.07, 6.45) is 0.679. The molecule has 14 heteroatoms. The standard InChI is InChI=1S/C20H25N7O2.C2HF3O2/c1-24-8-6-17(22-24)20(28)26-7-2-3-15(13-26)19-21-18-5-4-16(14-27(18)23-19)25-9-11-29-12-10-25;3-2(4,5)1(6)7/h4-6,8,14-15H,2-3,7,9-13H2,1H3;(H,6,7). The summed E-state index contributed by atoms with van der Waals surface area (Å²) in [5.74, 6) is -1.83. The molecule has 2 aliphatic heterocycles. The number of aryl methyl sites for hydroxylation is 1. The van der Waals surface area contributed by atoms with Crippen molar-refractivity contribution in [2.24, 2.45) is 7.05 Å². The zero-order valence-corrected chi connectivity index (χ0v) is 19.6. The molecule has 0 bridgehead atoms. The van der Waals surface area contributed by atoms with Crippen LogP contribution < -0.4 is 4.90 Å². The lowest BCUT2D eigenvalue weighted by Crippen LogP contribution is -2.39. The summed E-state index contributed by atoms with van der Waals surface area (Å²) in [7, 11) is 1.82. The highest BCUT2D eigenvalue weighted by atomic mass is 19.4. The van der Waals surface area contributed by atoms with Crippen LogP contribution in [0.2, 0.25) is 0 Å². The fourth-order valence-corrected chi connectivity index (χ4v) is 4.13. The molecule has 0 spiro atoms. The number of pyridine rings is 1. The number of rotatable bonds is 3. The number of morpholine rings is 1. The van der Waals surface area contributed by atoms with Gasteiger partial charge in [-0.1, -0.05) is 0 Å². The molecule has 1 unspecified atom stereocenters. The van der Waals surface area contributed by atoms with Gasteiger partial charge >= 0.3 is 12.1 Å². The first-order valence-electron chi connectivity index (χ1n) is 11.4. The summed E-state index contributed by atoms with van der Waals surface area (Å²) in [5, 5.41) is 16.1. The summed E-state index contributed by atoms with van der Waals surface area (Å²) < 4.78 is 40.7. The summed E-state index contributed by atoms with van der Waals surface area (Å²) in [6, 6.07) is 5.88. The quantitative estimate of drug-likeness (QED) is 0.569. The zero-order valence-electron chi connectivity index (χ0n) is 19.6. The first-order valence-corrected chi connectivity index (χ1v) is 11.4. The number of fused-ring (bicyclic) bond motifs is 1. The van der Waals surface area contributed by atoms with Crippen molar-refractivity contribution in [1.82, 2.24) is 29.3 Å². The van der Waals surface area contributed by atoms with Crippen molar-refractivity contribution in [2.45, 2.75) is 24.9 Å². The number of ether oxygens (including phenoxy) is 1. The van der Waals surface area contributed by atoms with Gasteiger partial charge in [0.1, 0.15) is 5.69 Å². The van der Waals surface area contributed by atoms with Crippen molar-refractivity contribution in [3.05, 3.63) is 42.1 Å². The molecule has 5 rings (SSSR count). The van der Waals surface area contributed by atoms with Crippen LogP contribution >= 0.6 is 0 Å². The second-order valence-corrected chi connectivity index (χ2v) is 8.53. The Bertz CT molecular complexity index is 1220. The van der Waals surface area contributed by atoms with E-state index in [0.29, 0.717) is 12.2 Å². The van der Waals surface area contributed by atoms with E-state index in [-0.39, 0.29) is 11.8 Å². The van der Waals surface area contributed by atoms with Crippen molar-refractivity contribution >= 4 is 23.2 Å². The van der Waals surface area contributed by atoms with Gasteiger partial charge in [0.2, 0.25) is 0 Å². The minimum Gasteiger partial charge on any atom is -0.475 e. The van der Waals surface area contributed by atoms with Gasteiger partial charge < -0.3 is 19.6 Å². The fourth-order valence-electron chi connectivity index (χ4n) is 4.13. The Morgan fingerprint density at radius 2 is 1.83 bits per heavy atom. The minimum absolute atomic E-state index is 0.0198. The number of halogens is 3. The maximum absolute atomic E-state index is 12.8. The van der Waals surface area contributed by atoms with E-state index < -0.39 is 12.1 Å². The summed E-state index contributed by atoms with van der Waals surface area (Å²) in [5.41, 5.74) is 2.46. The topological polar surface area (TPSA) is 118 Å². The molecule has 1 amide bonds. The lowest BCUT2D eigenvalue weighted by atomic mass is 9.97. The average molecular weight is 509 g/mol. The van der Waals surface area contributed by atoms with Crippen molar-refractivity contribution in [1.29, 1.82) is 0 Å². The number of amides is 1. The summed E-state index contributed by atoms with van der Waals surface area (Å²) in [6.45, 7) is 4.66. The van der Waals surface area contributed by atoms with Gasteiger partial charge in [0, 0.05) is 45.3 Å². The van der Waals surface area contributed by atoms with Gasteiger partial charge in [-0.2, -0.15) is 23.4 Å². The zero-order chi connectivity index (χ0) is 25.9. The third kappa shape index (κ3) is 5.93. The third-order valence-corrected chi connectivity index (χ3v) is 5.96. The molecule has 5 heterocycles. The van der Waals surface area contributed by atoms with Gasteiger partial charge in [0.25, 0.3) is 5.91 Å². The predicted molar refractivity (Wildman–Crippen MR) is 121 cm³/mol. The first-order chi connectivity index (χ1) is 17.1. The molecule has 194 valence electrons. The number of piperidine rings is 1. The van der Waals surface area contributed by atoms with Gasteiger partial charge in [-0.25, -0.2) is 14.3 Å². The van der Waals surface area contributed by atoms with Crippen molar-refractivity contribution < 1.29 is 32.6 Å². The largest absolute Gasteiger partial charge is 0.490 e. The number of aliphatic carboxylic acids is 1. The molecule has 1 N–H and O–H groups in total. The number of carboxylic acids is 1. The molecular weight excluding hydrogens is 483 g/mol. The molecule has 2 aliphatic rings. The molecule has 1 atom stereocenters. The SMILES string of the molecule is Cn1ccc(C(=O)N2CCCC(c3nc4ccc(N5CCOCC5)cn4n3)C2)n1.O=C(O)C(F)(F)F. The first kappa shape index (κ1) is 25.4. The van der Waals surface area contributed by atoms with E-state index in [1.54, 1.807) is 16.9 Å². The van der Waals surface area contributed by atoms with Gasteiger partial charge in [-0.05, 0) is 31.0 Å². The number of hydrogen-bond donors (Lipinski definition) is 1. The van der Waals surface area contributed by atoms with Crippen LogP contribution in [-0.4, -0.2) is 91.8 Å². The second-order valence-electron chi connectivity index (χ2n) is 8.53. The Morgan fingerprint density at radius 3 is 2.47 bits per heavy atom. The van der Waals surface area contributed by atoms with E-state index in [0.717, 1.165) is 62.8 Å². The average Bonchev–Trinajstić information content (AvgIpc) is 3.50. The van der Waals surface area contributed by atoms with E-state index in [4.69, 9.17) is 24.7 Å². The normalized spacial score (nSPS) is 18.6. The lowest BCUT2D eigenvalue weighted by Gasteiger charge is -2.30. The molecular formula is C22H26F3N7O4. The summed E-state index contributed by atoms with van der Waals surface area (Å²) >= 11 is 0. The number of carbonyl (C=O) groups is 2. The van der Waals surface area contributed by atoms with Crippen LogP contribution in [0.3, 0.4) is 0 Å². The Morgan fingerprint density at radius 1 is 1.11 bits per heavy atom. The smallest absolute Gasteiger partial charge is 0.475 e. The van der Waals surface area contributed by atoms with E-state index in [2.05, 4.69) is 16.1 Å². The third-order valence-electron chi connectivity index (χ3n) is 5.96. The Labute approximate surface area is 204 Å². The molecule has 2 fully saturated rings. The van der Waals surface area contributed by atoms with Crippen LogP contribution in [0.25, 0.3) is 5.65 Å². The molecule has 2 saturated heterocycles. The predicted octanol–water partition coefficient (Wildman–Crippen LogP) is 1.95.